The number of aryl methyl sites for hydroxylation is 1. The molecule has 136 heavy (non-hydrogen) atoms. The predicted octanol–water partition coefficient (Wildman–Crippen LogP) is 17.3. The minimum Gasteiger partial charge on any atom is -0.508 e. The van der Waals surface area contributed by atoms with Crippen LogP contribution >= 0.6 is 0 Å². The van der Waals surface area contributed by atoms with Crippen LogP contribution in [-0.2, 0) is 24.0 Å². The lowest BCUT2D eigenvalue weighted by Gasteiger charge is -2.52. The van der Waals surface area contributed by atoms with Gasteiger partial charge in [0.2, 0.25) is 28.7 Å². The average molecular weight is 1870 g/mol. The number of amides is 5. The molecule has 0 spiro atoms. The molecule has 5 saturated heterocycles. The average Bonchev–Trinajstić information content (AvgIpc) is 0.708. The molecule has 3 N–H and O–H groups in total. The molecule has 718 valence electrons. The highest BCUT2D eigenvalue weighted by Gasteiger charge is 2.61. The van der Waals surface area contributed by atoms with Gasteiger partial charge in [-0.3, -0.25) is 48.5 Å². The molecule has 6 atom stereocenters. The smallest absolute Gasteiger partial charge is 0.264 e. The van der Waals surface area contributed by atoms with Crippen LogP contribution in [0.3, 0.4) is 0 Å². The second-order valence-corrected chi connectivity index (χ2v) is 31.7. The summed E-state index contributed by atoms with van der Waals surface area (Å²) in [6, 6.07) is 51.2. The zero-order chi connectivity index (χ0) is 99.0. The van der Waals surface area contributed by atoms with Crippen molar-refractivity contribution in [3.05, 3.63) is 263 Å². The first-order chi connectivity index (χ1) is 65.4. The van der Waals surface area contributed by atoms with Crippen LogP contribution in [-0.4, -0.2) is 185 Å². The van der Waals surface area contributed by atoms with Gasteiger partial charge in [0.25, 0.3) is 29.5 Å². The lowest BCUT2D eigenvalue weighted by molar-refractivity contribution is -0.160. The fourth-order valence-corrected chi connectivity index (χ4v) is 16.5. The number of carbonyl (C=O) groups excluding carboxylic acids is 5. The van der Waals surface area contributed by atoms with Crippen molar-refractivity contribution in [1.29, 1.82) is 0 Å². The summed E-state index contributed by atoms with van der Waals surface area (Å²) in [6.07, 6.45) is 1.84. The number of hydrogen-bond acceptors (Lipinski definition) is 26. The van der Waals surface area contributed by atoms with Gasteiger partial charge in [0, 0.05) is 83.0 Å². The molecule has 0 saturated carbocycles. The van der Waals surface area contributed by atoms with E-state index in [4.69, 9.17) is 85.3 Å². The van der Waals surface area contributed by atoms with Crippen LogP contribution in [0.1, 0.15) is 109 Å². The molecule has 5 aliphatic heterocycles. The van der Waals surface area contributed by atoms with E-state index in [2.05, 4.69) is 71.4 Å². The zero-order valence-electron chi connectivity index (χ0n) is 80.3. The Hall–Kier alpha value is -15.4. The first kappa shape index (κ1) is 101. The Labute approximate surface area is 792 Å². The number of unbranched alkanes of at least 4 members (excludes halogenated alkanes) is 1. The number of hydrogen-bond donors (Lipinski definition) is 3. The first-order valence-electron chi connectivity index (χ1n) is 43.1. The van der Waals surface area contributed by atoms with Crippen LogP contribution in [0.5, 0.6) is 109 Å². The molecule has 10 aromatic carbocycles. The molecule has 5 amide bonds. The van der Waals surface area contributed by atoms with Crippen molar-refractivity contribution in [2.24, 2.45) is 0 Å². The molecular weight excluding hydrogens is 1750 g/mol. The molecular formula is C105H117N5O26. The van der Waals surface area contributed by atoms with Crippen LogP contribution in [0, 0.1) is 6.92 Å². The van der Waals surface area contributed by atoms with E-state index in [0.717, 1.165) is 40.8 Å². The number of phenolic OH excluding ortho intramolecular Hbond substituents is 1. The van der Waals surface area contributed by atoms with Gasteiger partial charge in [-0.25, -0.2) is 0 Å². The maximum absolute atomic E-state index is 13.0. The summed E-state index contributed by atoms with van der Waals surface area (Å²) < 4.78 is 97.2. The molecule has 0 unspecified atom stereocenters. The molecule has 10 aromatic rings. The van der Waals surface area contributed by atoms with Gasteiger partial charge in [0.1, 0.15) is 17.5 Å². The third-order valence-electron chi connectivity index (χ3n) is 23.7. The van der Waals surface area contributed by atoms with E-state index in [0.29, 0.717) is 167 Å². The van der Waals surface area contributed by atoms with Crippen molar-refractivity contribution in [2.75, 3.05) is 159 Å². The molecule has 5 aliphatic rings. The largest absolute Gasteiger partial charge is 0.508 e. The summed E-state index contributed by atoms with van der Waals surface area (Å²) in [5.74, 6) is 8.04. The van der Waals surface area contributed by atoms with E-state index in [9.17, 15) is 39.3 Å². The Morgan fingerprint density at radius 3 is 0.934 bits per heavy atom. The second-order valence-electron chi connectivity index (χ2n) is 31.7. The SMILES string of the molecule is C=C1C(=O)N(c2cc(OC)c(OC)c(OC)c2)[C@H]1c1ccc(C(C)C)cc1.C=C1C(=O)N(c2cc(OC)c(OC)c(OC)c2)[C@H]1c1ccc(C)cc1.C=C1C(=O)N(c2cc(OC)c(OC)c(OC)c2)[C@H]1c1cccc(O)c1.C=C1C(=O)N(c2cc(OC)c(OC)c(OC)c2)[C@H]1c1cccc(OC)c1.CCCCOc1cc([C@@H]2N(c3cc(OC)c(OC)c(OC)c3)C(=O)[C@]2(O)CO)ccc1OC. The van der Waals surface area contributed by atoms with Gasteiger partial charge >= 0.3 is 0 Å². The molecule has 5 heterocycles. The number of methoxy groups -OCH3 is 17. The molecule has 0 bridgehead atoms. The Morgan fingerprint density at radius 2 is 0.640 bits per heavy atom. The highest BCUT2D eigenvalue weighted by atomic mass is 16.6. The van der Waals surface area contributed by atoms with Crippen LogP contribution in [0.4, 0.5) is 28.4 Å². The number of aromatic hydroxyl groups is 1. The highest BCUT2D eigenvalue weighted by Crippen LogP contribution is 2.56. The normalized spacial score (nSPS) is 17.2. The standard InChI is InChI=1S/C24H31NO8.C22H25NO4.C20H21NO5.C20H21NO4.C19H19NO5/c1-6-7-10-33-18-11-15(8-9-17(18)29-2)22-24(28,14-26)23(27)25(22)16-12-19(30-3)21(32-5)20(13-16)31-4;1-13(2)15-7-9-16(10-8-15)20-14(3)22(24)23(20)17-11-18(25-4)21(27-6)19(12-17)26-5;1-12-18(13-7-6-8-15(9-13)23-2)21(20(12)22)14-10-16(24-3)19(26-5)17(11-14)25-4;1-12-6-8-14(9-7-12)18-13(2)20(22)21(18)15-10-16(23-3)19(25-5)17(11-15)24-4;1-11-17(12-6-5-7-14(21)8-12)20(19(11)22)13-9-15(23-2)18(25-4)16(10-13)24-3/h8-9,11-13,22,26,28H,6-7,10,14H2,1-5H3;7-13,20H,3H2,1-2,4-6H3;6-11,18H,1H2,2-5H3;6-11,18H,2H2,1,3-5H3;5-10,17,21H,1H2,2-4H3/t22-,24-;20-;2*18-;17-/m01111/s1. The monoisotopic (exact) mass is 1860 g/mol. The minimum atomic E-state index is -1.99. The van der Waals surface area contributed by atoms with Crippen LogP contribution in [0.15, 0.2) is 225 Å². The van der Waals surface area contributed by atoms with Crippen LogP contribution in [0.25, 0.3) is 0 Å². The van der Waals surface area contributed by atoms with Gasteiger partial charge in [0.15, 0.2) is 74.6 Å². The number of ether oxygens (including phenoxy) is 18. The van der Waals surface area contributed by atoms with Crippen molar-refractivity contribution in [3.8, 4) is 109 Å². The lowest BCUT2D eigenvalue weighted by Crippen LogP contribution is -2.70. The van der Waals surface area contributed by atoms with Gasteiger partial charge in [0.05, 0.1) is 187 Å². The number of carbonyl (C=O) groups is 5. The van der Waals surface area contributed by atoms with Gasteiger partial charge in [-0.1, -0.05) is 138 Å². The van der Waals surface area contributed by atoms with Crippen molar-refractivity contribution >= 4 is 58.0 Å². The highest BCUT2D eigenvalue weighted by molar-refractivity contribution is 6.18. The number of rotatable bonds is 33. The van der Waals surface area contributed by atoms with E-state index in [1.165, 1.54) is 80.0 Å². The van der Waals surface area contributed by atoms with E-state index in [1.54, 1.807) is 174 Å². The number of nitrogens with zero attached hydrogens (tertiary/aromatic N) is 5. The quantitative estimate of drug-likeness (QED) is 0.0195. The molecule has 15 rings (SSSR count). The molecule has 0 aliphatic carbocycles. The van der Waals surface area contributed by atoms with Crippen LogP contribution < -0.4 is 110 Å². The fourth-order valence-electron chi connectivity index (χ4n) is 16.5. The number of anilines is 5. The van der Waals surface area contributed by atoms with E-state index in [-0.39, 0.29) is 53.5 Å². The molecule has 31 nitrogen and oxygen atoms in total. The Bertz CT molecular complexity index is 5970. The minimum absolute atomic E-state index is 0.109. The summed E-state index contributed by atoms with van der Waals surface area (Å²) in [5, 5.41) is 30.7. The number of benzene rings is 10. The summed E-state index contributed by atoms with van der Waals surface area (Å²) >= 11 is 0. The third kappa shape index (κ3) is 19.8. The molecule has 31 heteroatoms. The van der Waals surface area contributed by atoms with Crippen molar-refractivity contribution < 1.29 is 125 Å². The number of phenols is 1. The summed E-state index contributed by atoms with van der Waals surface area (Å²) in [4.78, 5) is 71.1. The summed E-state index contributed by atoms with van der Waals surface area (Å²) in [7, 11) is 26.1. The fraction of sp³-hybridized carbons (Fsp3) is 0.305. The molecule has 5 fully saturated rings. The maximum atomic E-state index is 13.0. The molecule has 0 radical (unpaired) electrons. The third-order valence-corrected chi connectivity index (χ3v) is 23.7. The van der Waals surface area contributed by atoms with Gasteiger partial charge < -0.3 is 101 Å². The van der Waals surface area contributed by atoms with E-state index in [1.807, 2.05) is 61.5 Å². The van der Waals surface area contributed by atoms with Gasteiger partial charge in [-0.05, 0) is 89.0 Å². The Balaban J connectivity index is 0.000000164. The Kier molecular flexibility index (Phi) is 33.1. The zero-order valence-corrected chi connectivity index (χ0v) is 80.3. The van der Waals surface area contributed by atoms with E-state index < -0.39 is 24.2 Å². The second kappa shape index (κ2) is 44.4. The van der Waals surface area contributed by atoms with Gasteiger partial charge in [-0.15, -0.1) is 0 Å². The number of aliphatic hydroxyl groups is 2. The van der Waals surface area contributed by atoms with Crippen molar-refractivity contribution in [1.82, 2.24) is 0 Å². The first-order valence-corrected chi connectivity index (χ1v) is 43.1. The number of aliphatic hydroxyl groups excluding tert-OH is 1. The van der Waals surface area contributed by atoms with Crippen molar-refractivity contribution in [3.63, 3.8) is 0 Å². The van der Waals surface area contributed by atoms with Crippen LogP contribution in [0.2, 0.25) is 0 Å². The topological polar surface area (TPSA) is 328 Å². The number of β-lactam (4-membered cyclic amide) rings is 5. The summed E-state index contributed by atoms with van der Waals surface area (Å²) in [6.45, 7) is 23.9. The van der Waals surface area contributed by atoms with Crippen molar-refractivity contribution in [2.45, 2.75) is 82.3 Å². The summed E-state index contributed by atoms with van der Waals surface area (Å²) in [5.41, 5.74) is 9.88. The Morgan fingerprint density at radius 1 is 0.338 bits per heavy atom. The molecule has 0 aromatic heterocycles. The van der Waals surface area contributed by atoms with E-state index >= 15 is 0 Å². The van der Waals surface area contributed by atoms with Gasteiger partial charge in [-0.2, -0.15) is 0 Å². The lowest BCUT2D eigenvalue weighted by atomic mass is 9.78. The predicted molar refractivity (Wildman–Crippen MR) is 516 cm³/mol. The maximum Gasteiger partial charge on any atom is 0.264 e.